The normalized spacial score (nSPS) is 27.1. The summed E-state index contributed by atoms with van der Waals surface area (Å²) in [5, 5.41) is 8.94. The van der Waals surface area contributed by atoms with Crippen molar-refractivity contribution in [2.45, 2.75) is 32.1 Å². The van der Waals surface area contributed by atoms with E-state index in [2.05, 4.69) is 0 Å². The number of carbonyl (C=O) groups excluding carboxylic acids is 1. The van der Waals surface area contributed by atoms with Crippen LogP contribution in [-0.4, -0.2) is 35.0 Å². The lowest BCUT2D eigenvalue weighted by Gasteiger charge is -2.14. The van der Waals surface area contributed by atoms with E-state index in [1.54, 1.807) is 4.90 Å². The summed E-state index contributed by atoms with van der Waals surface area (Å²) >= 11 is 0. The minimum absolute atomic E-state index is 0.0348. The number of rotatable bonds is 4. The minimum atomic E-state index is -0.779. The van der Waals surface area contributed by atoms with Crippen LogP contribution in [0, 0.1) is 17.8 Å². The molecule has 0 radical (unpaired) electrons. The van der Waals surface area contributed by atoms with Crippen molar-refractivity contribution >= 4 is 11.9 Å². The van der Waals surface area contributed by atoms with E-state index in [1.165, 1.54) is 31.3 Å². The summed E-state index contributed by atoms with van der Waals surface area (Å²) in [5.41, 5.74) is 1.35. The summed E-state index contributed by atoms with van der Waals surface area (Å²) in [7, 11) is 0. The van der Waals surface area contributed by atoms with E-state index in [4.69, 9.17) is 5.11 Å². The highest BCUT2D eigenvalue weighted by Gasteiger charge is 2.37. The van der Waals surface area contributed by atoms with E-state index < -0.39 is 5.97 Å². The molecule has 0 aromatic heterocycles. The van der Waals surface area contributed by atoms with Gasteiger partial charge in [0.2, 0.25) is 5.91 Å². The van der Waals surface area contributed by atoms with E-state index in [0.717, 1.165) is 0 Å². The van der Waals surface area contributed by atoms with Gasteiger partial charge in [0.05, 0.1) is 5.92 Å². The molecule has 2 saturated carbocycles. The zero-order valence-corrected chi connectivity index (χ0v) is 10.5. The molecule has 3 aliphatic rings. The quantitative estimate of drug-likeness (QED) is 0.771. The molecule has 3 rings (SSSR count). The van der Waals surface area contributed by atoms with Crippen LogP contribution in [0.5, 0.6) is 0 Å². The smallest absolute Gasteiger partial charge is 0.308 e. The molecule has 4 nitrogen and oxygen atoms in total. The van der Waals surface area contributed by atoms with Gasteiger partial charge in [0.25, 0.3) is 0 Å². The third-order valence-electron chi connectivity index (χ3n) is 4.24. The molecule has 0 aromatic rings. The molecule has 1 atom stereocenters. The molecule has 0 aromatic carbocycles. The SMILES string of the molecule is O=C(O)[C@H]1CCN(C(=O)C=C(C2CC2)C2CC2)C1. The van der Waals surface area contributed by atoms with Crippen molar-refractivity contribution in [3.8, 4) is 0 Å². The summed E-state index contributed by atoms with van der Waals surface area (Å²) in [6, 6.07) is 0. The molecule has 4 heteroatoms. The molecule has 1 aliphatic heterocycles. The number of nitrogens with zero attached hydrogens (tertiary/aromatic N) is 1. The van der Waals surface area contributed by atoms with Gasteiger partial charge in [-0.2, -0.15) is 0 Å². The van der Waals surface area contributed by atoms with Gasteiger partial charge in [-0.1, -0.05) is 5.57 Å². The second-order valence-corrected chi connectivity index (χ2v) is 5.80. The first-order valence-electron chi connectivity index (χ1n) is 6.88. The minimum Gasteiger partial charge on any atom is -0.481 e. The van der Waals surface area contributed by atoms with Crippen molar-refractivity contribution < 1.29 is 14.7 Å². The Hall–Kier alpha value is -1.32. The number of amides is 1. The van der Waals surface area contributed by atoms with Gasteiger partial charge >= 0.3 is 5.97 Å². The van der Waals surface area contributed by atoms with Crippen molar-refractivity contribution in [1.82, 2.24) is 4.90 Å². The van der Waals surface area contributed by atoms with E-state index in [1.807, 2.05) is 6.08 Å². The molecular weight excluding hydrogens is 230 g/mol. The van der Waals surface area contributed by atoms with Gasteiger partial charge < -0.3 is 10.0 Å². The molecule has 1 N–H and O–H groups in total. The first kappa shape index (κ1) is 11.8. The lowest BCUT2D eigenvalue weighted by molar-refractivity contribution is -0.141. The highest BCUT2D eigenvalue weighted by molar-refractivity contribution is 5.89. The Morgan fingerprint density at radius 1 is 1.00 bits per heavy atom. The van der Waals surface area contributed by atoms with Crippen molar-refractivity contribution in [3.05, 3.63) is 11.6 Å². The highest BCUT2D eigenvalue weighted by Crippen LogP contribution is 2.48. The molecule has 1 heterocycles. The molecule has 0 unspecified atom stereocenters. The maximum Gasteiger partial charge on any atom is 0.308 e. The van der Waals surface area contributed by atoms with Gasteiger partial charge in [0.15, 0.2) is 0 Å². The Balaban J connectivity index is 1.64. The third kappa shape index (κ3) is 2.42. The van der Waals surface area contributed by atoms with Crippen LogP contribution in [0.25, 0.3) is 0 Å². The average Bonchev–Trinajstić information content (AvgIpc) is 3.24. The second-order valence-electron chi connectivity index (χ2n) is 5.80. The zero-order chi connectivity index (χ0) is 12.7. The molecular formula is C14H19NO3. The summed E-state index contributed by atoms with van der Waals surface area (Å²) in [5.74, 6) is 0.192. The van der Waals surface area contributed by atoms with E-state index in [0.29, 0.717) is 31.3 Å². The van der Waals surface area contributed by atoms with Crippen LogP contribution in [-0.2, 0) is 9.59 Å². The Labute approximate surface area is 107 Å². The fraction of sp³-hybridized carbons (Fsp3) is 0.714. The van der Waals surface area contributed by atoms with E-state index in [9.17, 15) is 9.59 Å². The van der Waals surface area contributed by atoms with Crippen LogP contribution >= 0.6 is 0 Å². The maximum atomic E-state index is 12.1. The predicted octanol–water partition coefficient (Wildman–Crippen LogP) is 1.67. The van der Waals surface area contributed by atoms with Crippen LogP contribution in [0.4, 0.5) is 0 Å². The first-order valence-corrected chi connectivity index (χ1v) is 6.88. The molecule has 98 valence electrons. The fourth-order valence-electron chi connectivity index (χ4n) is 2.80. The summed E-state index contributed by atoms with van der Waals surface area (Å²) < 4.78 is 0. The van der Waals surface area contributed by atoms with Crippen molar-refractivity contribution in [3.63, 3.8) is 0 Å². The predicted molar refractivity (Wildman–Crippen MR) is 65.9 cm³/mol. The van der Waals surface area contributed by atoms with Crippen LogP contribution in [0.15, 0.2) is 11.6 Å². The topological polar surface area (TPSA) is 57.6 Å². The average molecular weight is 249 g/mol. The molecule has 18 heavy (non-hydrogen) atoms. The third-order valence-corrected chi connectivity index (χ3v) is 4.24. The lowest BCUT2D eigenvalue weighted by Crippen LogP contribution is -2.28. The standard InChI is InChI=1S/C14H19NO3/c16-13(15-6-5-11(8-15)14(17)18)7-12(9-1-2-9)10-3-4-10/h7,9-11H,1-6,8H2,(H,17,18)/t11-/m0/s1. The van der Waals surface area contributed by atoms with Crippen LogP contribution in [0.2, 0.25) is 0 Å². The monoisotopic (exact) mass is 249 g/mol. The Kier molecular flexibility index (Phi) is 2.88. The van der Waals surface area contributed by atoms with E-state index in [-0.39, 0.29) is 11.8 Å². The second kappa shape index (κ2) is 4.41. The lowest BCUT2D eigenvalue weighted by atomic mass is 10.1. The van der Waals surface area contributed by atoms with Crippen LogP contribution in [0.1, 0.15) is 32.1 Å². The Morgan fingerprint density at radius 3 is 2.06 bits per heavy atom. The van der Waals surface area contributed by atoms with Gasteiger partial charge in [0.1, 0.15) is 0 Å². The van der Waals surface area contributed by atoms with Crippen molar-refractivity contribution in [2.24, 2.45) is 17.8 Å². The number of likely N-dealkylation sites (tertiary alicyclic amines) is 1. The Bertz CT molecular complexity index is 393. The molecule has 0 spiro atoms. The maximum absolute atomic E-state index is 12.1. The number of carbonyl (C=O) groups is 2. The van der Waals surface area contributed by atoms with Gasteiger partial charge in [0, 0.05) is 19.2 Å². The largest absolute Gasteiger partial charge is 0.481 e. The van der Waals surface area contributed by atoms with Crippen LogP contribution < -0.4 is 0 Å². The number of allylic oxidation sites excluding steroid dienone is 1. The van der Waals surface area contributed by atoms with Crippen molar-refractivity contribution in [2.75, 3.05) is 13.1 Å². The molecule has 1 saturated heterocycles. The van der Waals surface area contributed by atoms with Gasteiger partial charge in [-0.3, -0.25) is 9.59 Å². The molecule has 2 aliphatic carbocycles. The Morgan fingerprint density at radius 2 is 1.61 bits per heavy atom. The number of aliphatic carboxylic acids is 1. The molecule has 1 amide bonds. The number of hydrogen-bond donors (Lipinski definition) is 1. The van der Waals surface area contributed by atoms with E-state index >= 15 is 0 Å². The fourth-order valence-corrected chi connectivity index (χ4v) is 2.80. The number of hydrogen-bond acceptors (Lipinski definition) is 2. The summed E-state index contributed by atoms with van der Waals surface area (Å²) in [6.07, 6.45) is 7.33. The molecule has 3 fully saturated rings. The molecule has 0 bridgehead atoms. The summed E-state index contributed by atoms with van der Waals surface area (Å²) in [4.78, 5) is 24.7. The summed E-state index contributed by atoms with van der Waals surface area (Å²) in [6.45, 7) is 0.974. The number of carboxylic acid groups (broad SMARTS) is 1. The first-order chi connectivity index (χ1) is 8.65. The van der Waals surface area contributed by atoms with Crippen LogP contribution in [0.3, 0.4) is 0 Å². The number of carboxylic acids is 1. The van der Waals surface area contributed by atoms with Crippen molar-refractivity contribution in [1.29, 1.82) is 0 Å². The highest BCUT2D eigenvalue weighted by atomic mass is 16.4. The van der Waals surface area contributed by atoms with Gasteiger partial charge in [-0.15, -0.1) is 0 Å². The van der Waals surface area contributed by atoms with Gasteiger partial charge in [-0.05, 0) is 43.9 Å². The van der Waals surface area contributed by atoms with Gasteiger partial charge in [-0.25, -0.2) is 0 Å². The zero-order valence-electron chi connectivity index (χ0n) is 10.5.